The number of nitrogens with zero attached hydrogens (tertiary/aromatic N) is 2. The lowest BCUT2D eigenvalue weighted by Crippen LogP contribution is -1.97. The van der Waals surface area contributed by atoms with Gasteiger partial charge in [0, 0.05) is 17.7 Å². The molecule has 3 aromatic rings. The van der Waals surface area contributed by atoms with Crippen LogP contribution in [0.25, 0.3) is 11.3 Å². The standard InChI is InChI=1S/C18H12ClN3O5/c19-16-6-4-13(22(25)26)9-15(16)17-7-5-14(27-17)10-20-21-12-3-1-2-11(8-12)18(23)24/h1-10,21H,(H,23,24)/b20-10+. The number of aromatic carboxylic acids is 1. The van der Waals surface area contributed by atoms with E-state index in [4.69, 9.17) is 21.1 Å². The van der Waals surface area contributed by atoms with Crippen molar-refractivity contribution in [3.05, 3.63) is 81.1 Å². The second-order valence-electron chi connectivity index (χ2n) is 5.38. The van der Waals surface area contributed by atoms with E-state index in [0.717, 1.165) is 0 Å². The molecule has 0 atom stereocenters. The Morgan fingerprint density at radius 3 is 2.78 bits per heavy atom. The first-order valence-corrected chi connectivity index (χ1v) is 7.98. The molecule has 27 heavy (non-hydrogen) atoms. The number of furan rings is 1. The van der Waals surface area contributed by atoms with Gasteiger partial charge in [0.25, 0.3) is 5.69 Å². The molecule has 1 heterocycles. The van der Waals surface area contributed by atoms with Crippen LogP contribution in [0.2, 0.25) is 5.02 Å². The Bertz CT molecular complexity index is 1040. The fraction of sp³-hybridized carbons (Fsp3) is 0. The first-order valence-electron chi connectivity index (χ1n) is 7.60. The third-order valence-corrected chi connectivity index (χ3v) is 3.88. The molecule has 9 heteroatoms. The number of carboxylic acid groups (broad SMARTS) is 1. The summed E-state index contributed by atoms with van der Waals surface area (Å²) in [6.45, 7) is 0. The highest BCUT2D eigenvalue weighted by Gasteiger charge is 2.14. The Morgan fingerprint density at radius 1 is 1.22 bits per heavy atom. The Morgan fingerprint density at radius 2 is 2.04 bits per heavy atom. The smallest absolute Gasteiger partial charge is 0.335 e. The molecule has 1 aromatic heterocycles. The van der Waals surface area contributed by atoms with Gasteiger partial charge in [-0.2, -0.15) is 5.10 Å². The summed E-state index contributed by atoms with van der Waals surface area (Å²) in [6.07, 6.45) is 1.39. The van der Waals surface area contributed by atoms with Gasteiger partial charge in [-0.25, -0.2) is 4.79 Å². The Balaban J connectivity index is 1.76. The minimum absolute atomic E-state index is 0.0963. The maximum atomic E-state index is 10.9. The molecule has 0 saturated heterocycles. The zero-order valence-electron chi connectivity index (χ0n) is 13.6. The van der Waals surface area contributed by atoms with Crippen LogP contribution < -0.4 is 5.43 Å². The van der Waals surface area contributed by atoms with E-state index in [-0.39, 0.29) is 11.3 Å². The van der Waals surface area contributed by atoms with Gasteiger partial charge in [0.15, 0.2) is 0 Å². The molecule has 2 aromatic carbocycles. The van der Waals surface area contributed by atoms with E-state index in [1.165, 1.54) is 36.5 Å². The largest absolute Gasteiger partial charge is 0.478 e. The highest BCUT2D eigenvalue weighted by atomic mass is 35.5. The number of carbonyl (C=O) groups is 1. The van der Waals surface area contributed by atoms with Gasteiger partial charge >= 0.3 is 5.97 Å². The third kappa shape index (κ3) is 4.31. The van der Waals surface area contributed by atoms with E-state index < -0.39 is 10.9 Å². The second-order valence-corrected chi connectivity index (χ2v) is 5.79. The Hall–Kier alpha value is -3.65. The molecule has 0 radical (unpaired) electrons. The van der Waals surface area contributed by atoms with Crippen LogP contribution in [0.4, 0.5) is 11.4 Å². The van der Waals surface area contributed by atoms with Gasteiger partial charge in [0.1, 0.15) is 11.5 Å². The molecule has 0 fully saturated rings. The van der Waals surface area contributed by atoms with Crippen LogP contribution in [-0.2, 0) is 0 Å². The zero-order valence-corrected chi connectivity index (χ0v) is 14.4. The maximum absolute atomic E-state index is 10.9. The summed E-state index contributed by atoms with van der Waals surface area (Å²) in [5, 5.41) is 24.2. The van der Waals surface area contributed by atoms with E-state index in [1.54, 1.807) is 24.3 Å². The summed E-state index contributed by atoms with van der Waals surface area (Å²) in [7, 11) is 0. The van der Waals surface area contributed by atoms with Crippen molar-refractivity contribution in [1.29, 1.82) is 0 Å². The lowest BCUT2D eigenvalue weighted by Gasteiger charge is -2.01. The van der Waals surface area contributed by atoms with Crippen molar-refractivity contribution in [2.24, 2.45) is 5.10 Å². The predicted octanol–water partition coefficient (Wildman–Crippen LogP) is 4.65. The molecule has 0 spiro atoms. The molecular weight excluding hydrogens is 374 g/mol. The molecule has 0 aliphatic carbocycles. The number of nitro groups is 1. The van der Waals surface area contributed by atoms with Gasteiger partial charge in [0.05, 0.1) is 27.4 Å². The second kappa shape index (κ2) is 7.71. The molecule has 8 nitrogen and oxygen atoms in total. The monoisotopic (exact) mass is 385 g/mol. The minimum atomic E-state index is -1.04. The quantitative estimate of drug-likeness (QED) is 0.362. The van der Waals surface area contributed by atoms with Gasteiger partial charge in [-0.15, -0.1) is 0 Å². The molecule has 0 saturated carbocycles. The van der Waals surface area contributed by atoms with Crippen molar-refractivity contribution >= 4 is 35.2 Å². The lowest BCUT2D eigenvalue weighted by atomic mass is 10.1. The number of benzene rings is 2. The van der Waals surface area contributed by atoms with Crippen LogP contribution in [0.5, 0.6) is 0 Å². The van der Waals surface area contributed by atoms with Gasteiger partial charge in [0.2, 0.25) is 0 Å². The first-order chi connectivity index (χ1) is 12.9. The molecule has 0 bridgehead atoms. The van der Waals surface area contributed by atoms with E-state index in [1.807, 2.05) is 0 Å². The number of hydrazone groups is 1. The van der Waals surface area contributed by atoms with Crippen LogP contribution in [0.15, 0.2) is 64.1 Å². The number of non-ortho nitro benzene ring substituents is 1. The third-order valence-electron chi connectivity index (χ3n) is 3.55. The van der Waals surface area contributed by atoms with Gasteiger partial charge < -0.3 is 9.52 Å². The van der Waals surface area contributed by atoms with Crippen LogP contribution in [-0.4, -0.2) is 22.2 Å². The summed E-state index contributed by atoms with van der Waals surface area (Å²) in [5.74, 6) is -0.292. The molecule has 0 amide bonds. The number of anilines is 1. The van der Waals surface area contributed by atoms with Crippen molar-refractivity contribution in [2.45, 2.75) is 0 Å². The van der Waals surface area contributed by atoms with E-state index in [0.29, 0.717) is 27.8 Å². The number of nitrogens with one attached hydrogen (secondary N) is 1. The van der Waals surface area contributed by atoms with Crippen LogP contribution in [0.1, 0.15) is 16.1 Å². The summed E-state index contributed by atoms with van der Waals surface area (Å²) in [6, 6.07) is 13.5. The fourth-order valence-corrected chi connectivity index (χ4v) is 2.49. The van der Waals surface area contributed by atoms with E-state index in [2.05, 4.69) is 10.5 Å². The highest BCUT2D eigenvalue weighted by Crippen LogP contribution is 2.32. The maximum Gasteiger partial charge on any atom is 0.335 e. The number of rotatable bonds is 6. The van der Waals surface area contributed by atoms with Gasteiger partial charge in [-0.3, -0.25) is 15.5 Å². The van der Waals surface area contributed by atoms with Crippen molar-refractivity contribution in [2.75, 3.05) is 5.43 Å². The predicted molar refractivity (Wildman–Crippen MR) is 100 cm³/mol. The summed E-state index contributed by atoms with van der Waals surface area (Å²) in [4.78, 5) is 21.3. The van der Waals surface area contributed by atoms with Crippen molar-refractivity contribution in [3.8, 4) is 11.3 Å². The number of hydrogen-bond donors (Lipinski definition) is 2. The summed E-state index contributed by atoms with van der Waals surface area (Å²) < 4.78 is 5.59. The fourth-order valence-electron chi connectivity index (χ4n) is 2.27. The van der Waals surface area contributed by atoms with E-state index in [9.17, 15) is 14.9 Å². The molecule has 0 aliphatic rings. The molecule has 136 valence electrons. The summed E-state index contributed by atoms with van der Waals surface area (Å²) in [5.41, 5.74) is 3.64. The average Bonchev–Trinajstić information content (AvgIpc) is 3.11. The van der Waals surface area contributed by atoms with Crippen LogP contribution in [0.3, 0.4) is 0 Å². The van der Waals surface area contributed by atoms with Crippen molar-refractivity contribution in [3.63, 3.8) is 0 Å². The van der Waals surface area contributed by atoms with Gasteiger partial charge in [-0.05, 0) is 36.4 Å². The molecule has 0 aliphatic heterocycles. The molecular formula is C18H12ClN3O5. The molecule has 2 N–H and O–H groups in total. The van der Waals surface area contributed by atoms with Crippen molar-refractivity contribution in [1.82, 2.24) is 0 Å². The van der Waals surface area contributed by atoms with Crippen LogP contribution >= 0.6 is 11.6 Å². The summed E-state index contributed by atoms with van der Waals surface area (Å²) >= 11 is 6.09. The SMILES string of the molecule is O=C(O)c1cccc(N/N=C/c2ccc(-c3cc([N+](=O)[O-])ccc3Cl)o2)c1. The number of carboxylic acids is 1. The lowest BCUT2D eigenvalue weighted by molar-refractivity contribution is -0.384. The number of hydrogen-bond acceptors (Lipinski definition) is 6. The Kier molecular flexibility index (Phi) is 5.18. The Labute approximate surface area is 157 Å². The zero-order chi connectivity index (χ0) is 19.4. The number of halogens is 1. The number of nitro benzene ring substituents is 1. The first kappa shape index (κ1) is 18.2. The normalized spacial score (nSPS) is 10.9. The molecule has 3 rings (SSSR count). The molecule has 0 unspecified atom stereocenters. The van der Waals surface area contributed by atoms with E-state index >= 15 is 0 Å². The average molecular weight is 386 g/mol. The minimum Gasteiger partial charge on any atom is -0.478 e. The van der Waals surface area contributed by atoms with Crippen molar-refractivity contribution < 1.29 is 19.2 Å². The van der Waals surface area contributed by atoms with Crippen LogP contribution in [0, 0.1) is 10.1 Å². The van der Waals surface area contributed by atoms with Gasteiger partial charge in [-0.1, -0.05) is 17.7 Å². The highest BCUT2D eigenvalue weighted by molar-refractivity contribution is 6.33. The topological polar surface area (TPSA) is 118 Å².